The van der Waals surface area contributed by atoms with E-state index in [1.54, 1.807) is 18.3 Å². The Hall–Kier alpha value is -2.07. The molecule has 0 aliphatic rings. The maximum absolute atomic E-state index is 12.3. The van der Waals surface area contributed by atoms with Gasteiger partial charge in [-0.15, -0.1) is 0 Å². The minimum absolute atomic E-state index is 0.239. The van der Waals surface area contributed by atoms with Crippen molar-refractivity contribution in [3.63, 3.8) is 0 Å². The molecule has 1 aromatic heterocycles. The molecule has 1 atom stereocenters. The van der Waals surface area contributed by atoms with Crippen molar-refractivity contribution in [3.05, 3.63) is 52.7 Å². The van der Waals surface area contributed by atoms with E-state index in [9.17, 15) is 4.79 Å². The number of nitrogens with one attached hydrogen (secondary N) is 1. The molecule has 0 bridgehead atoms. The Morgan fingerprint density at radius 2 is 2.00 bits per heavy atom. The van der Waals surface area contributed by atoms with Crippen LogP contribution in [0.15, 0.2) is 36.5 Å². The second-order valence-electron chi connectivity index (χ2n) is 5.16. The molecule has 0 radical (unpaired) electrons. The molecule has 116 valence electrons. The van der Waals surface area contributed by atoms with Crippen LogP contribution in [0.5, 0.6) is 5.75 Å². The number of hydrogen-bond donors (Lipinski definition) is 1. The van der Waals surface area contributed by atoms with E-state index in [4.69, 9.17) is 16.3 Å². The first-order valence-electron chi connectivity index (χ1n) is 7.16. The zero-order chi connectivity index (χ0) is 16.1. The van der Waals surface area contributed by atoms with Crippen molar-refractivity contribution in [1.29, 1.82) is 0 Å². The van der Waals surface area contributed by atoms with Crippen molar-refractivity contribution in [2.45, 2.75) is 33.3 Å². The van der Waals surface area contributed by atoms with Crippen molar-refractivity contribution in [3.8, 4) is 5.75 Å². The first kappa shape index (κ1) is 16.3. The monoisotopic (exact) mass is 318 g/mol. The molecule has 0 saturated carbocycles. The summed E-state index contributed by atoms with van der Waals surface area (Å²) in [6.45, 7) is 5.77. The van der Waals surface area contributed by atoms with Gasteiger partial charge < -0.3 is 10.1 Å². The van der Waals surface area contributed by atoms with Crippen LogP contribution in [0.3, 0.4) is 0 Å². The molecule has 1 amide bonds. The number of benzene rings is 1. The average molecular weight is 319 g/mol. The van der Waals surface area contributed by atoms with Gasteiger partial charge in [0.2, 0.25) is 0 Å². The lowest BCUT2D eigenvalue weighted by atomic mass is 10.2. The third-order valence-corrected chi connectivity index (χ3v) is 3.49. The molecule has 0 spiro atoms. The predicted octanol–water partition coefficient (Wildman–Crippen LogP) is 4.15. The van der Waals surface area contributed by atoms with E-state index in [2.05, 4.69) is 10.3 Å². The summed E-state index contributed by atoms with van der Waals surface area (Å²) in [7, 11) is 0. The second-order valence-corrected chi connectivity index (χ2v) is 5.57. The van der Waals surface area contributed by atoms with Crippen molar-refractivity contribution in [2.75, 3.05) is 5.32 Å². The van der Waals surface area contributed by atoms with Crippen LogP contribution in [0.2, 0.25) is 5.02 Å². The maximum atomic E-state index is 12.3. The van der Waals surface area contributed by atoms with Crippen molar-refractivity contribution in [1.82, 2.24) is 4.98 Å². The lowest BCUT2D eigenvalue weighted by molar-refractivity contribution is -0.122. The van der Waals surface area contributed by atoms with Crippen LogP contribution in [-0.4, -0.2) is 17.0 Å². The number of carbonyl (C=O) groups is 1. The zero-order valence-electron chi connectivity index (χ0n) is 12.9. The predicted molar refractivity (Wildman–Crippen MR) is 88.5 cm³/mol. The molecule has 1 heterocycles. The minimum atomic E-state index is -0.623. The number of rotatable bonds is 5. The van der Waals surface area contributed by atoms with E-state index in [-0.39, 0.29) is 5.91 Å². The van der Waals surface area contributed by atoms with Gasteiger partial charge in [-0.05, 0) is 49.6 Å². The van der Waals surface area contributed by atoms with Crippen molar-refractivity contribution >= 4 is 23.3 Å². The molecule has 0 aliphatic carbocycles. The largest absolute Gasteiger partial charge is 0.479 e. The number of halogens is 1. The van der Waals surface area contributed by atoms with Gasteiger partial charge in [0.05, 0.1) is 5.02 Å². The van der Waals surface area contributed by atoms with E-state index < -0.39 is 6.10 Å². The Morgan fingerprint density at radius 1 is 1.27 bits per heavy atom. The summed E-state index contributed by atoms with van der Waals surface area (Å²) in [6, 6.07) is 9.13. The van der Waals surface area contributed by atoms with Crippen LogP contribution >= 0.6 is 11.6 Å². The van der Waals surface area contributed by atoms with Crippen LogP contribution in [0.4, 0.5) is 5.82 Å². The number of carbonyl (C=O) groups excluding carboxylic acids is 1. The number of hydrogen-bond acceptors (Lipinski definition) is 3. The highest BCUT2D eigenvalue weighted by Gasteiger charge is 2.20. The summed E-state index contributed by atoms with van der Waals surface area (Å²) >= 11 is 6.11. The molecule has 0 aliphatic heterocycles. The first-order chi connectivity index (χ1) is 10.5. The van der Waals surface area contributed by atoms with Gasteiger partial charge in [-0.25, -0.2) is 4.98 Å². The Kier molecular flexibility index (Phi) is 5.39. The molecule has 4 nitrogen and oxygen atoms in total. The Morgan fingerprint density at radius 3 is 2.64 bits per heavy atom. The van der Waals surface area contributed by atoms with E-state index in [0.717, 1.165) is 11.1 Å². The summed E-state index contributed by atoms with van der Waals surface area (Å²) in [4.78, 5) is 16.5. The summed E-state index contributed by atoms with van der Waals surface area (Å²) in [5.41, 5.74) is 2.06. The smallest absolute Gasteiger partial charge is 0.266 e. The molecule has 0 unspecified atom stereocenters. The molecule has 1 aromatic carbocycles. The van der Waals surface area contributed by atoms with Crippen molar-refractivity contribution in [2.24, 2.45) is 0 Å². The van der Waals surface area contributed by atoms with Crippen LogP contribution in [-0.2, 0) is 4.79 Å². The zero-order valence-corrected chi connectivity index (χ0v) is 13.6. The van der Waals surface area contributed by atoms with E-state index >= 15 is 0 Å². The Labute approximate surface area is 135 Å². The highest BCUT2D eigenvalue weighted by molar-refractivity contribution is 6.32. The molecule has 1 N–H and O–H groups in total. The maximum Gasteiger partial charge on any atom is 0.266 e. The third-order valence-electron chi connectivity index (χ3n) is 3.18. The molecular weight excluding hydrogens is 300 g/mol. The number of ether oxygens (including phenoxy) is 1. The fourth-order valence-electron chi connectivity index (χ4n) is 1.92. The fourth-order valence-corrected chi connectivity index (χ4v) is 2.09. The minimum Gasteiger partial charge on any atom is -0.479 e. The van der Waals surface area contributed by atoms with Gasteiger partial charge >= 0.3 is 0 Å². The molecule has 5 heteroatoms. The van der Waals surface area contributed by atoms with Gasteiger partial charge in [-0.3, -0.25) is 4.79 Å². The number of aromatic nitrogens is 1. The molecule has 0 fully saturated rings. The van der Waals surface area contributed by atoms with Crippen LogP contribution < -0.4 is 10.1 Å². The normalized spacial score (nSPS) is 11.8. The summed E-state index contributed by atoms with van der Waals surface area (Å²) in [6.07, 6.45) is 1.61. The standard InChI is InChI=1S/C17H19ClN2O2/c1-4-14(22-15-9-11(2)5-7-13(15)18)17(21)20-16-8-6-12(3)10-19-16/h5-10,14H,4H2,1-3H3,(H,19,20,21)/t14-/m1/s1. The summed E-state index contributed by atoms with van der Waals surface area (Å²) < 4.78 is 5.76. The number of anilines is 1. The molecule has 0 saturated heterocycles. The first-order valence-corrected chi connectivity index (χ1v) is 7.53. The van der Waals surface area contributed by atoms with Gasteiger partial charge in [0.15, 0.2) is 6.10 Å². The van der Waals surface area contributed by atoms with Crippen LogP contribution in [0, 0.1) is 13.8 Å². The topological polar surface area (TPSA) is 51.2 Å². The molecule has 2 rings (SSSR count). The lowest BCUT2D eigenvalue weighted by Gasteiger charge is -2.18. The number of nitrogens with zero attached hydrogens (tertiary/aromatic N) is 1. The van der Waals surface area contributed by atoms with Crippen LogP contribution in [0.1, 0.15) is 24.5 Å². The second kappa shape index (κ2) is 7.27. The SMILES string of the molecule is CC[C@@H](Oc1cc(C)ccc1Cl)C(=O)Nc1ccc(C)cn1. The van der Waals surface area contributed by atoms with Crippen LogP contribution in [0.25, 0.3) is 0 Å². The van der Waals surface area contributed by atoms with Gasteiger partial charge in [-0.1, -0.05) is 30.7 Å². The quantitative estimate of drug-likeness (QED) is 0.901. The Balaban J connectivity index is 2.08. The number of amides is 1. The highest BCUT2D eigenvalue weighted by Crippen LogP contribution is 2.27. The summed E-state index contributed by atoms with van der Waals surface area (Å²) in [5, 5.41) is 3.25. The van der Waals surface area contributed by atoms with Crippen molar-refractivity contribution < 1.29 is 9.53 Å². The summed E-state index contributed by atoms with van der Waals surface area (Å²) in [5.74, 6) is 0.782. The lowest BCUT2D eigenvalue weighted by Crippen LogP contribution is -2.32. The molecular formula is C17H19ClN2O2. The van der Waals surface area contributed by atoms with E-state index in [1.807, 2.05) is 39.0 Å². The fraction of sp³-hybridized carbons (Fsp3) is 0.294. The van der Waals surface area contributed by atoms with Gasteiger partial charge in [0.1, 0.15) is 11.6 Å². The van der Waals surface area contributed by atoms with E-state index in [1.165, 1.54) is 0 Å². The highest BCUT2D eigenvalue weighted by atomic mass is 35.5. The average Bonchev–Trinajstić information content (AvgIpc) is 2.50. The van der Waals surface area contributed by atoms with Gasteiger partial charge in [0, 0.05) is 6.20 Å². The van der Waals surface area contributed by atoms with Gasteiger partial charge in [-0.2, -0.15) is 0 Å². The van der Waals surface area contributed by atoms with E-state index in [0.29, 0.717) is 23.0 Å². The Bertz CT molecular complexity index is 656. The number of pyridine rings is 1. The molecule has 2 aromatic rings. The molecule has 22 heavy (non-hydrogen) atoms. The van der Waals surface area contributed by atoms with Gasteiger partial charge in [0.25, 0.3) is 5.91 Å². The number of aryl methyl sites for hydroxylation is 2. The third kappa shape index (κ3) is 4.21.